The van der Waals surface area contributed by atoms with Crippen LogP contribution in [-0.2, 0) is 4.74 Å². The standard InChI is InChI=1S/C16H26N2O3/c1-16(2,3)21-15(19)18-11-7-10-17-12-13-20-14-8-5-4-6-9-14/h4-6,8-9,17H,7,10-13H2,1-3H3,(H,18,19). The number of hydrogen-bond donors (Lipinski definition) is 2. The Kier molecular flexibility index (Phi) is 7.61. The summed E-state index contributed by atoms with van der Waals surface area (Å²) < 4.78 is 10.7. The van der Waals surface area contributed by atoms with Crippen LogP contribution in [0.1, 0.15) is 27.2 Å². The van der Waals surface area contributed by atoms with Crippen molar-refractivity contribution in [1.29, 1.82) is 0 Å². The molecule has 5 heteroatoms. The Morgan fingerprint density at radius 2 is 1.81 bits per heavy atom. The van der Waals surface area contributed by atoms with Crippen molar-refractivity contribution in [3.8, 4) is 5.75 Å². The summed E-state index contributed by atoms with van der Waals surface area (Å²) in [4.78, 5) is 11.4. The molecule has 0 heterocycles. The van der Waals surface area contributed by atoms with Gasteiger partial charge in [-0.1, -0.05) is 18.2 Å². The van der Waals surface area contributed by atoms with E-state index in [2.05, 4.69) is 10.6 Å². The van der Waals surface area contributed by atoms with Gasteiger partial charge in [-0.2, -0.15) is 0 Å². The predicted octanol–water partition coefficient (Wildman–Crippen LogP) is 2.57. The van der Waals surface area contributed by atoms with E-state index < -0.39 is 5.60 Å². The van der Waals surface area contributed by atoms with Gasteiger partial charge in [0, 0.05) is 13.1 Å². The second kappa shape index (κ2) is 9.23. The first-order valence-corrected chi connectivity index (χ1v) is 7.33. The highest BCUT2D eigenvalue weighted by Gasteiger charge is 2.15. The molecule has 1 aromatic rings. The van der Waals surface area contributed by atoms with Gasteiger partial charge in [0.1, 0.15) is 18.0 Å². The van der Waals surface area contributed by atoms with Gasteiger partial charge in [-0.3, -0.25) is 0 Å². The molecule has 0 radical (unpaired) electrons. The minimum atomic E-state index is -0.447. The van der Waals surface area contributed by atoms with E-state index in [-0.39, 0.29) is 6.09 Å². The Morgan fingerprint density at radius 1 is 1.10 bits per heavy atom. The van der Waals surface area contributed by atoms with Crippen LogP contribution in [0.2, 0.25) is 0 Å². The molecule has 0 aliphatic heterocycles. The smallest absolute Gasteiger partial charge is 0.407 e. The van der Waals surface area contributed by atoms with Gasteiger partial charge in [-0.15, -0.1) is 0 Å². The molecule has 0 unspecified atom stereocenters. The van der Waals surface area contributed by atoms with Crippen LogP contribution >= 0.6 is 0 Å². The summed E-state index contributed by atoms with van der Waals surface area (Å²) in [5, 5.41) is 5.98. The highest BCUT2D eigenvalue weighted by Crippen LogP contribution is 2.07. The molecule has 0 spiro atoms. The first-order valence-electron chi connectivity index (χ1n) is 7.33. The zero-order valence-corrected chi connectivity index (χ0v) is 13.1. The molecule has 1 rings (SSSR count). The molecule has 118 valence electrons. The molecule has 1 amide bonds. The van der Waals surface area contributed by atoms with Crippen LogP contribution in [0.25, 0.3) is 0 Å². The summed E-state index contributed by atoms with van der Waals surface area (Å²) in [7, 11) is 0. The van der Waals surface area contributed by atoms with Crippen LogP contribution in [0.15, 0.2) is 30.3 Å². The molecule has 1 aromatic carbocycles. The second-order valence-electron chi connectivity index (χ2n) is 5.69. The number of ether oxygens (including phenoxy) is 2. The molecule has 0 bridgehead atoms. The molecule has 5 nitrogen and oxygen atoms in total. The number of carbonyl (C=O) groups is 1. The molecule has 21 heavy (non-hydrogen) atoms. The lowest BCUT2D eigenvalue weighted by atomic mass is 10.2. The predicted molar refractivity (Wildman–Crippen MR) is 83.7 cm³/mol. The van der Waals surface area contributed by atoms with E-state index in [0.29, 0.717) is 13.2 Å². The van der Waals surface area contributed by atoms with Crippen LogP contribution in [0.3, 0.4) is 0 Å². The van der Waals surface area contributed by atoms with Gasteiger partial charge >= 0.3 is 6.09 Å². The van der Waals surface area contributed by atoms with Gasteiger partial charge in [-0.05, 0) is 45.9 Å². The number of alkyl carbamates (subject to hydrolysis) is 1. The maximum Gasteiger partial charge on any atom is 0.407 e. The van der Waals surface area contributed by atoms with Crippen LogP contribution in [0, 0.1) is 0 Å². The fourth-order valence-electron chi connectivity index (χ4n) is 1.60. The zero-order valence-electron chi connectivity index (χ0n) is 13.1. The largest absolute Gasteiger partial charge is 0.492 e. The normalized spacial score (nSPS) is 11.0. The minimum absolute atomic E-state index is 0.366. The van der Waals surface area contributed by atoms with E-state index in [9.17, 15) is 4.79 Å². The first kappa shape index (κ1) is 17.3. The topological polar surface area (TPSA) is 59.6 Å². The average Bonchev–Trinajstić information content (AvgIpc) is 2.41. The summed E-state index contributed by atoms with van der Waals surface area (Å²) >= 11 is 0. The maximum absolute atomic E-state index is 11.4. The lowest BCUT2D eigenvalue weighted by Crippen LogP contribution is -2.34. The van der Waals surface area contributed by atoms with Crippen LogP contribution in [-0.4, -0.2) is 37.9 Å². The van der Waals surface area contributed by atoms with Gasteiger partial charge in [-0.25, -0.2) is 4.79 Å². The number of benzene rings is 1. The summed E-state index contributed by atoms with van der Waals surface area (Å²) in [6.45, 7) is 8.38. The van der Waals surface area contributed by atoms with E-state index in [1.165, 1.54) is 0 Å². The lowest BCUT2D eigenvalue weighted by molar-refractivity contribution is 0.0527. The van der Waals surface area contributed by atoms with Crippen molar-refractivity contribution in [1.82, 2.24) is 10.6 Å². The number of rotatable bonds is 8. The van der Waals surface area contributed by atoms with E-state index in [1.54, 1.807) is 0 Å². The lowest BCUT2D eigenvalue weighted by Gasteiger charge is -2.19. The number of para-hydroxylation sites is 1. The monoisotopic (exact) mass is 294 g/mol. The summed E-state index contributed by atoms with van der Waals surface area (Å²) in [5.41, 5.74) is -0.447. The Labute approximate surface area is 127 Å². The molecular weight excluding hydrogens is 268 g/mol. The molecule has 0 saturated heterocycles. The molecule has 0 aliphatic rings. The van der Waals surface area contributed by atoms with Crippen LogP contribution < -0.4 is 15.4 Å². The molecule has 0 saturated carbocycles. The molecular formula is C16H26N2O3. The third-order valence-corrected chi connectivity index (χ3v) is 2.49. The van der Waals surface area contributed by atoms with Gasteiger partial charge in [0.05, 0.1) is 0 Å². The third kappa shape index (κ3) is 9.73. The number of amides is 1. The Balaban J connectivity index is 1.92. The number of carbonyl (C=O) groups excluding carboxylic acids is 1. The van der Waals surface area contributed by atoms with Crippen molar-refractivity contribution in [2.24, 2.45) is 0 Å². The van der Waals surface area contributed by atoms with Crippen molar-refractivity contribution in [2.75, 3.05) is 26.2 Å². The molecule has 0 aromatic heterocycles. The molecule has 0 atom stereocenters. The first-order chi connectivity index (χ1) is 9.97. The minimum Gasteiger partial charge on any atom is -0.492 e. The molecule has 2 N–H and O–H groups in total. The molecule has 0 aliphatic carbocycles. The highest BCUT2D eigenvalue weighted by molar-refractivity contribution is 5.67. The fourth-order valence-corrected chi connectivity index (χ4v) is 1.60. The summed E-state index contributed by atoms with van der Waals surface area (Å²) in [5.74, 6) is 0.880. The Bertz CT molecular complexity index is 402. The third-order valence-electron chi connectivity index (χ3n) is 2.49. The Hall–Kier alpha value is -1.75. The quantitative estimate of drug-likeness (QED) is 0.723. The number of nitrogens with one attached hydrogen (secondary N) is 2. The second-order valence-corrected chi connectivity index (χ2v) is 5.69. The van der Waals surface area contributed by atoms with E-state index in [4.69, 9.17) is 9.47 Å². The fraction of sp³-hybridized carbons (Fsp3) is 0.562. The van der Waals surface area contributed by atoms with Gasteiger partial charge < -0.3 is 20.1 Å². The van der Waals surface area contributed by atoms with E-state index in [0.717, 1.165) is 25.3 Å². The van der Waals surface area contributed by atoms with Crippen molar-refractivity contribution >= 4 is 6.09 Å². The van der Waals surface area contributed by atoms with Gasteiger partial charge in [0.15, 0.2) is 0 Å². The van der Waals surface area contributed by atoms with Crippen molar-refractivity contribution in [3.63, 3.8) is 0 Å². The highest BCUT2D eigenvalue weighted by atomic mass is 16.6. The van der Waals surface area contributed by atoms with E-state index in [1.807, 2.05) is 51.1 Å². The SMILES string of the molecule is CC(C)(C)OC(=O)NCCCNCCOc1ccccc1. The van der Waals surface area contributed by atoms with Crippen molar-refractivity contribution in [2.45, 2.75) is 32.8 Å². The average molecular weight is 294 g/mol. The van der Waals surface area contributed by atoms with Gasteiger partial charge in [0.2, 0.25) is 0 Å². The summed E-state index contributed by atoms with van der Waals surface area (Å²) in [6.07, 6.45) is 0.486. The summed E-state index contributed by atoms with van der Waals surface area (Å²) in [6, 6.07) is 9.73. The van der Waals surface area contributed by atoms with Crippen molar-refractivity contribution in [3.05, 3.63) is 30.3 Å². The van der Waals surface area contributed by atoms with E-state index >= 15 is 0 Å². The van der Waals surface area contributed by atoms with Gasteiger partial charge in [0.25, 0.3) is 0 Å². The number of hydrogen-bond acceptors (Lipinski definition) is 4. The molecule has 0 fully saturated rings. The zero-order chi connectivity index (χ0) is 15.6. The van der Waals surface area contributed by atoms with Crippen LogP contribution in [0.5, 0.6) is 5.75 Å². The van der Waals surface area contributed by atoms with Crippen LogP contribution in [0.4, 0.5) is 4.79 Å². The Morgan fingerprint density at radius 3 is 2.48 bits per heavy atom. The van der Waals surface area contributed by atoms with Crippen molar-refractivity contribution < 1.29 is 14.3 Å². The maximum atomic E-state index is 11.4.